The quantitative estimate of drug-likeness (QED) is 0.871. The van der Waals surface area contributed by atoms with Crippen molar-refractivity contribution in [1.82, 2.24) is 4.90 Å². The maximum Gasteiger partial charge on any atom is 0.416 e. The number of fused-ring (bicyclic) bond motifs is 3. The molecule has 0 aromatic heterocycles. The fraction of sp³-hybridized carbons (Fsp3) is 0.611. The van der Waals surface area contributed by atoms with Gasteiger partial charge in [-0.3, -0.25) is 10.2 Å². The number of benzene rings is 1. The Bertz CT molecular complexity index is 621. The topological polar surface area (TPSA) is 41.6 Å². The van der Waals surface area contributed by atoms with Gasteiger partial charge < -0.3 is 4.74 Å². The molecule has 1 N–H and O–H groups in total. The van der Waals surface area contributed by atoms with Crippen LogP contribution in [-0.2, 0) is 10.9 Å². The molecule has 3 aliphatic heterocycles. The monoisotopic (exact) mass is 356 g/mol. The van der Waals surface area contributed by atoms with Crippen LogP contribution in [0.15, 0.2) is 24.3 Å². The van der Waals surface area contributed by atoms with Crippen LogP contribution in [0.5, 0.6) is 0 Å². The van der Waals surface area contributed by atoms with Crippen molar-refractivity contribution in [1.29, 1.82) is 0 Å². The number of hydrogen-bond acceptors (Lipinski definition) is 3. The zero-order valence-electron chi connectivity index (χ0n) is 14.2. The number of carbonyl (C=O) groups is 1. The number of hydrogen-bond donors (Lipinski definition) is 1. The predicted octanol–water partition coefficient (Wildman–Crippen LogP) is 4.37. The second kappa shape index (κ2) is 7.23. The van der Waals surface area contributed by atoms with Gasteiger partial charge in [-0.1, -0.05) is 19.4 Å². The van der Waals surface area contributed by atoms with E-state index in [1.165, 1.54) is 25.0 Å². The molecule has 2 bridgehead atoms. The molecule has 4 atom stereocenters. The van der Waals surface area contributed by atoms with Crippen molar-refractivity contribution < 1.29 is 22.7 Å². The standard InChI is InChI=1S/C18H23F3N2O2/c1-2-12-10-23-7-6-13(12)8-16(23)11-25-17(24)22-15-5-3-4-14(9-15)18(19,20)21/h3-5,9,12-13,16H,2,6-8,10-11H2,1H3,(H,22,24). The molecule has 3 fully saturated rings. The molecule has 0 radical (unpaired) electrons. The molecule has 0 aliphatic carbocycles. The largest absolute Gasteiger partial charge is 0.448 e. The molecule has 25 heavy (non-hydrogen) atoms. The van der Waals surface area contributed by atoms with Gasteiger partial charge in [-0.15, -0.1) is 0 Å². The Morgan fingerprint density at radius 3 is 2.84 bits per heavy atom. The fourth-order valence-electron chi connectivity index (χ4n) is 3.98. The lowest BCUT2D eigenvalue weighted by Gasteiger charge is -2.49. The number of piperidine rings is 3. The smallest absolute Gasteiger partial charge is 0.416 e. The Kier molecular flexibility index (Phi) is 5.22. The number of amides is 1. The van der Waals surface area contributed by atoms with E-state index in [-0.39, 0.29) is 18.3 Å². The number of nitrogens with zero attached hydrogens (tertiary/aromatic N) is 1. The van der Waals surface area contributed by atoms with Gasteiger partial charge in [0.05, 0.1) is 5.56 Å². The first-order chi connectivity index (χ1) is 11.9. The van der Waals surface area contributed by atoms with Crippen LogP contribution in [-0.4, -0.2) is 36.7 Å². The van der Waals surface area contributed by atoms with E-state index in [0.29, 0.717) is 5.92 Å². The molecule has 7 heteroatoms. The number of ether oxygens (including phenoxy) is 1. The zero-order valence-corrected chi connectivity index (χ0v) is 14.2. The lowest BCUT2D eigenvalue weighted by molar-refractivity contribution is -0.137. The molecule has 138 valence electrons. The lowest BCUT2D eigenvalue weighted by atomic mass is 9.75. The Hall–Kier alpha value is -1.76. The van der Waals surface area contributed by atoms with E-state index in [0.717, 1.165) is 37.6 Å². The van der Waals surface area contributed by atoms with Crippen LogP contribution in [0.3, 0.4) is 0 Å². The molecule has 4 nitrogen and oxygen atoms in total. The Balaban J connectivity index is 1.51. The first-order valence-corrected chi connectivity index (χ1v) is 8.72. The average molecular weight is 356 g/mol. The van der Waals surface area contributed by atoms with E-state index >= 15 is 0 Å². The molecule has 3 aliphatic rings. The molecular weight excluding hydrogens is 333 g/mol. The fourth-order valence-corrected chi connectivity index (χ4v) is 3.98. The number of rotatable bonds is 4. The molecule has 1 aromatic rings. The molecular formula is C18H23F3N2O2. The van der Waals surface area contributed by atoms with Crippen LogP contribution in [0.25, 0.3) is 0 Å². The summed E-state index contributed by atoms with van der Waals surface area (Å²) in [5.74, 6) is 1.42. The van der Waals surface area contributed by atoms with Gasteiger partial charge in [0.25, 0.3) is 0 Å². The minimum Gasteiger partial charge on any atom is -0.448 e. The van der Waals surface area contributed by atoms with Crippen LogP contribution in [0, 0.1) is 11.8 Å². The van der Waals surface area contributed by atoms with E-state index in [4.69, 9.17) is 4.74 Å². The third-order valence-electron chi connectivity index (χ3n) is 5.38. The second-order valence-electron chi connectivity index (χ2n) is 6.90. The van der Waals surface area contributed by atoms with Gasteiger partial charge in [0, 0.05) is 18.3 Å². The normalized spacial score (nSPS) is 28.6. The van der Waals surface area contributed by atoms with Crippen molar-refractivity contribution in [2.75, 3.05) is 25.0 Å². The Morgan fingerprint density at radius 2 is 2.20 bits per heavy atom. The highest BCUT2D eigenvalue weighted by molar-refractivity contribution is 5.84. The summed E-state index contributed by atoms with van der Waals surface area (Å²) in [7, 11) is 0. The summed E-state index contributed by atoms with van der Waals surface area (Å²) >= 11 is 0. The SMILES string of the molecule is CCC1CN2CCC1CC2COC(=O)Nc1cccc(C(F)(F)F)c1. The van der Waals surface area contributed by atoms with Crippen molar-refractivity contribution in [2.24, 2.45) is 11.8 Å². The summed E-state index contributed by atoms with van der Waals surface area (Å²) in [6.07, 6.45) is -1.76. The van der Waals surface area contributed by atoms with Crippen molar-refractivity contribution in [2.45, 2.75) is 38.4 Å². The predicted molar refractivity (Wildman–Crippen MR) is 88.3 cm³/mol. The zero-order chi connectivity index (χ0) is 18.0. The minimum absolute atomic E-state index is 0.0799. The van der Waals surface area contributed by atoms with Crippen molar-refractivity contribution in [3.63, 3.8) is 0 Å². The van der Waals surface area contributed by atoms with Crippen LogP contribution < -0.4 is 5.32 Å². The summed E-state index contributed by atoms with van der Waals surface area (Å²) in [6.45, 7) is 4.56. The van der Waals surface area contributed by atoms with Gasteiger partial charge in [-0.25, -0.2) is 4.79 Å². The van der Waals surface area contributed by atoms with Gasteiger partial charge in [0.1, 0.15) is 6.61 Å². The van der Waals surface area contributed by atoms with Gasteiger partial charge in [-0.05, 0) is 49.4 Å². The second-order valence-corrected chi connectivity index (χ2v) is 6.90. The minimum atomic E-state index is -4.44. The Morgan fingerprint density at radius 1 is 1.40 bits per heavy atom. The van der Waals surface area contributed by atoms with E-state index < -0.39 is 17.8 Å². The third kappa shape index (κ3) is 4.26. The van der Waals surface area contributed by atoms with Crippen molar-refractivity contribution >= 4 is 11.8 Å². The van der Waals surface area contributed by atoms with Crippen LogP contribution >= 0.6 is 0 Å². The highest BCUT2D eigenvalue weighted by Gasteiger charge is 2.39. The van der Waals surface area contributed by atoms with Crippen LogP contribution in [0.2, 0.25) is 0 Å². The molecule has 3 heterocycles. The first kappa shape index (κ1) is 18.0. The van der Waals surface area contributed by atoms with E-state index in [2.05, 4.69) is 17.1 Å². The van der Waals surface area contributed by atoms with Gasteiger partial charge in [-0.2, -0.15) is 13.2 Å². The number of alkyl halides is 3. The van der Waals surface area contributed by atoms with Gasteiger partial charge >= 0.3 is 12.3 Å². The molecule has 0 spiro atoms. The summed E-state index contributed by atoms with van der Waals surface area (Å²) in [4.78, 5) is 14.3. The summed E-state index contributed by atoms with van der Waals surface area (Å²) in [5.41, 5.74) is -0.719. The maximum atomic E-state index is 12.7. The lowest BCUT2D eigenvalue weighted by Crippen LogP contribution is -2.54. The van der Waals surface area contributed by atoms with Gasteiger partial charge in [0.2, 0.25) is 0 Å². The molecule has 3 saturated heterocycles. The highest BCUT2D eigenvalue weighted by atomic mass is 19.4. The van der Waals surface area contributed by atoms with Crippen LogP contribution in [0.4, 0.5) is 23.7 Å². The summed E-state index contributed by atoms with van der Waals surface area (Å²) in [5, 5.41) is 2.38. The molecule has 4 rings (SSSR count). The van der Waals surface area contributed by atoms with Gasteiger partial charge in [0.15, 0.2) is 0 Å². The van der Waals surface area contributed by atoms with E-state index in [1.807, 2.05) is 0 Å². The average Bonchev–Trinajstić information content (AvgIpc) is 2.60. The number of halogens is 3. The Labute approximate surface area is 145 Å². The molecule has 0 saturated carbocycles. The van der Waals surface area contributed by atoms with Crippen molar-refractivity contribution in [3.05, 3.63) is 29.8 Å². The molecule has 1 aromatic carbocycles. The van der Waals surface area contributed by atoms with E-state index in [1.54, 1.807) is 0 Å². The summed E-state index contributed by atoms with van der Waals surface area (Å²) < 4.78 is 43.3. The van der Waals surface area contributed by atoms with E-state index in [9.17, 15) is 18.0 Å². The summed E-state index contributed by atoms with van der Waals surface area (Å²) in [6, 6.07) is 4.75. The molecule has 4 unspecified atom stereocenters. The number of carbonyl (C=O) groups excluding carboxylic acids is 1. The van der Waals surface area contributed by atoms with Crippen molar-refractivity contribution in [3.8, 4) is 0 Å². The highest BCUT2D eigenvalue weighted by Crippen LogP contribution is 2.37. The number of nitrogens with one attached hydrogen (secondary N) is 1. The third-order valence-corrected chi connectivity index (χ3v) is 5.38. The number of anilines is 1. The molecule has 1 amide bonds. The van der Waals surface area contributed by atoms with Crippen LogP contribution in [0.1, 0.15) is 31.7 Å². The maximum absolute atomic E-state index is 12.7. The first-order valence-electron chi connectivity index (χ1n) is 8.72.